The predicted molar refractivity (Wildman–Crippen MR) is 114 cm³/mol. The molecular weight excluding hydrogens is 382 g/mol. The van der Waals surface area contributed by atoms with Crippen molar-refractivity contribution in [1.29, 1.82) is 0 Å². The van der Waals surface area contributed by atoms with E-state index in [0.29, 0.717) is 23.9 Å². The van der Waals surface area contributed by atoms with E-state index in [1.807, 2.05) is 43.3 Å². The molecule has 2 aromatic rings. The third-order valence-electron chi connectivity index (χ3n) is 4.15. The summed E-state index contributed by atoms with van der Waals surface area (Å²) < 4.78 is 22.6. The molecule has 146 valence electrons. The average Bonchev–Trinajstić information content (AvgIpc) is 2.64. The third kappa shape index (κ3) is 7.23. The summed E-state index contributed by atoms with van der Waals surface area (Å²) >= 11 is 5.99. The summed E-state index contributed by atoms with van der Waals surface area (Å²) in [4.78, 5) is 4.23. The second-order valence-corrected chi connectivity index (χ2v) is 9.25. The lowest BCUT2D eigenvalue weighted by molar-refractivity contribution is 0.581. The molecule has 7 heteroatoms. The highest BCUT2D eigenvalue weighted by Gasteiger charge is 2.10. The van der Waals surface area contributed by atoms with Crippen molar-refractivity contribution in [3.8, 4) is 11.1 Å². The van der Waals surface area contributed by atoms with Gasteiger partial charge in [0.15, 0.2) is 5.96 Å². The molecule has 2 rings (SSSR count). The Morgan fingerprint density at radius 3 is 2.44 bits per heavy atom. The van der Waals surface area contributed by atoms with Crippen LogP contribution in [0.15, 0.2) is 53.5 Å². The molecule has 27 heavy (non-hydrogen) atoms. The number of hydrogen-bond donors (Lipinski definition) is 2. The Morgan fingerprint density at radius 1 is 1.15 bits per heavy atom. The maximum atomic E-state index is 11.3. The van der Waals surface area contributed by atoms with Crippen LogP contribution in [0.4, 0.5) is 0 Å². The minimum atomic E-state index is -2.97. The van der Waals surface area contributed by atoms with Gasteiger partial charge in [-0.3, -0.25) is 4.99 Å². The topological polar surface area (TPSA) is 70.6 Å². The van der Waals surface area contributed by atoms with Gasteiger partial charge in [0.1, 0.15) is 9.84 Å². The number of aliphatic imine (C=N–C) groups is 1. The van der Waals surface area contributed by atoms with E-state index in [1.54, 1.807) is 7.05 Å². The number of halogens is 1. The Bertz CT molecular complexity index is 880. The second-order valence-electron chi connectivity index (χ2n) is 6.55. The highest BCUT2D eigenvalue weighted by Crippen LogP contribution is 2.25. The molecule has 0 fully saturated rings. The van der Waals surface area contributed by atoms with Crippen LogP contribution in [0.1, 0.15) is 18.9 Å². The van der Waals surface area contributed by atoms with Gasteiger partial charge < -0.3 is 10.6 Å². The Hall–Kier alpha value is -2.05. The number of sulfone groups is 1. The molecule has 0 aliphatic rings. The standard InChI is InChI=1S/C20H26ClN3O2S/c1-15(12-13-27(3,25)26)24-20(22-2)23-14-17-6-4-5-7-19(17)16-8-10-18(21)11-9-16/h4-11,15H,12-14H2,1-3H3,(H2,22,23,24). The lowest BCUT2D eigenvalue weighted by Crippen LogP contribution is -2.42. The molecule has 0 spiro atoms. The molecule has 0 radical (unpaired) electrons. The molecule has 0 saturated carbocycles. The van der Waals surface area contributed by atoms with E-state index in [9.17, 15) is 8.42 Å². The molecular formula is C20H26ClN3O2S. The van der Waals surface area contributed by atoms with Crippen molar-refractivity contribution in [3.63, 3.8) is 0 Å². The number of hydrogen-bond acceptors (Lipinski definition) is 3. The maximum Gasteiger partial charge on any atom is 0.191 e. The van der Waals surface area contributed by atoms with Crippen molar-refractivity contribution in [2.24, 2.45) is 4.99 Å². The van der Waals surface area contributed by atoms with Crippen LogP contribution in [-0.4, -0.2) is 39.5 Å². The van der Waals surface area contributed by atoms with Crippen LogP contribution in [0, 0.1) is 0 Å². The van der Waals surface area contributed by atoms with Crippen LogP contribution in [-0.2, 0) is 16.4 Å². The largest absolute Gasteiger partial charge is 0.354 e. The Balaban J connectivity index is 2.02. The SMILES string of the molecule is CN=C(NCc1ccccc1-c1ccc(Cl)cc1)NC(C)CCS(C)(=O)=O. The lowest BCUT2D eigenvalue weighted by Gasteiger charge is -2.18. The number of rotatable bonds is 7. The van der Waals surface area contributed by atoms with E-state index in [-0.39, 0.29) is 11.8 Å². The van der Waals surface area contributed by atoms with Crippen molar-refractivity contribution in [3.05, 3.63) is 59.1 Å². The molecule has 2 N–H and O–H groups in total. The zero-order valence-electron chi connectivity index (χ0n) is 15.9. The van der Waals surface area contributed by atoms with E-state index in [1.165, 1.54) is 6.26 Å². The Morgan fingerprint density at radius 2 is 1.81 bits per heavy atom. The van der Waals surface area contributed by atoms with E-state index >= 15 is 0 Å². The molecule has 0 aliphatic carbocycles. The van der Waals surface area contributed by atoms with E-state index in [4.69, 9.17) is 11.6 Å². The normalized spacial score (nSPS) is 13.3. The van der Waals surface area contributed by atoms with Crippen LogP contribution < -0.4 is 10.6 Å². The van der Waals surface area contributed by atoms with E-state index in [2.05, 4.69) is 27.8 Å². The fourth-order valence-electron chi connectivity index (χ4n) is 2.66. The molecule has 1 atom stereocenters. The summed E-state index contributed by atoms with van der Waals surface area (Å²) in [6.07, 6.45) is 1.78. The summed E-state index contributed by atoms with van der Waals surface area (Å²) in [6.45, 7) is 2.54. The first kappa shape index (κ1) is 21.3. The van der Waals surface area contributed by atoms with Crippen molar-refractivity contribution >= 4 is 27.4 Å². The van der Waals surface area contributed by atoms with Gasteiger partial charge in [-0.2, -0.15) is 0 Å². The molecule has 1 unspecified atom stereocenters. The smallest absolute Gasteiger partial charge is 0.191 e. The van der Waals surface area contributed by atoms with Gasteiger partial charge in [-0.1, -0.05) is 48.0 Å². The summed E-state index contributed by atoms with van der Waals surface area (Å²) in [5, 5.41) is 7.24. The summed E-state index contributed by atoms with van der Waals surface area (Å²) in [6, 6.07) is 15.9. The van der Waals surface area contributed by atoms with Crippen molar-refractivity contribution < 1.29 is 8.42 Å². The van der Waals surface area contributed by atoms with Crippen LogP contribution >= 0.6 is 11.6 Å². The Kier molecular flexibility index (Phi) is 7.68. The molecule has 0 saturated heterocycles. The van der Waals surface area contributed by atoms with Crippen molar-refractivity contribution in [1.82, 2.24) is 10.6 Å². The van der Waals surface area contributed by atoms with Crippen LogP contribution in [0.5, 0.6) is 0 Å². The highest BCUT2D eigenvalue weighted by molar-refractivity contribution is 7.90. The van der Waals surface area contributed by atoms with E-state index in [0.717, 1.165) is 16.7 Å². The molecule has 0 bridgehead atoms. The number of nitrogens with one attached hydrogen (secondary N) is 2. The molecule has 0 aliphatic heterocycles. The average molecular weight is 408 g/mol. The molecule has 5 nitrogen and oxygen atoms in total. The van der Waals surface area contributed by atoms with Crippen LogP contribution in [0.25, 0.3) is 11.1 Å². The number of benzene rings is 2. The molecule has 0 amide bonds. The zero-order valence-corrected chi connectivity index (χ0v) is 17.4. The number of guanidine groups is 1. The highest BCUT2D eigenvalue weighted by atomic mass is 35.5. The van der Waals surface area contributed by atoms with Crippen LogP contribution in [0.3, 0.4) is 0 Å². The van der Waals surface area contributed by atoms with Gasteiger partial charge in [-0.15, -0.1) is 0 Å². The maximum absolute atomic E-state index is 11.3. The predicted octanol–water partition coefficient (Wildman–Crippen LogP) is 3.50. The fraction of sp³-hybridized carbons (Fsp3) is 0.350. The summed E-state index contributed by atoms with van der Waals surface area (Å²) in [5.74, 6) is 0.791. The molecule has 0 aromatic heterocycles. The summed E-state index contributed by atoms with van der Waals surface area (Å²) in [7, 11) is -1.27. The van der Waals surface area contributed by atoms with E-state index < -0.39 is 9.84 Å². The van der Waals surface area contributed by atoms with Gasteiger partial charge in [0.05, 0.1) is 5.75 Å². The first-order chi connectivity index (χ1) is 12.8. The minimum Gasteiger partial charge on any atom is -0.354 e. The quantitative estimate of drug-likeness (QED) is 0.544. The van der Waals surface area contributed by atoms with Crippen LogP contribution in [0.2, 0.25) is 5.02 Å². The monoisotopic (exact) mass is 407 g/mol. The summed E-state index contributed by atoms with van der Waals surface area (Å²) in [5.41, 5.74) is 3.36. The fourth-order valence-corrected chi connectivity index (χ4v) is 3.56. The first-order valence-corrected chi connectivity index (χ1v) is 11.2. The van der Waals surface area contributed by atoms with Crippen molar-refractivity contribution in [2.75, 3.05) is 19.1 Å². The molecule has 0 heterocycles. The number of nitrogens with zero attached hydrogens (tertiary/aromatic N) is 1. The minimum absolute atomic E-state index is 0.00238. The zero-order chi connectivity index (χ0) is 19.9. The molecule has 2 aromatic carbocycles. The van der Waals surface area contributed by atoms with Crippen molar-refractivity contribution in [2.45, 2.75) is 25.9 Å². The van der Waals surface area contributed by atoms with Gasteiger partial charge in [-0.05, 0) is 42.2 Å². The first-order valence-electron chi connectivity index (χ1n) is 8.77. The van der Waals surface area contributed by atoms with Gasteiger partial charge >= 0.3 is 0 Å². The second kappa shape index (κ2) is 9.76. The van der Waals surface area contributed by atoms with Gasteiger partial charge in [0.25, 0.3) is 0 Å². The van der Waals surface area contributed by atoms with Gasteiger partial charge in [0.2, 0.25) is 0 Å². The Labute approximate surface area is 166 Å². The van der Waals surface area contributed by atoms with Gasteiger partial charge in [0, 0.05) is 30.9 Å². The third-order valence-corrected chi connectivity index (χ3v) is 5.38. The van der Waals surface area contributed by atoms with Gasteiger partial charge in [-0.25, -0.2) is 8.42 Å². The lowest BCUT2D eigenvalue weighted by atomic mass is 10.00.